The van der Waals surface area contributed by atoms with Crippen LogP contribution in [0.2, 0.25) is 0 Å². The molecule has 0 aliphatic heterocycles. The Kier molecular flexibility index (Phi) is 3.83. The molecule has 2 aromatic carbocycles. The number of rotatable bonds is 3. The van der Waals surface area contributed by atoms with Crippen molar-refractivity contribution >= 4 is 15.9 Å². The van der Waals surface area contributed by atoms with Crippen LogP contribution >= 0.6 is 15.9 Å². The summed E-state index contributed by atoms with van der Waals surface area (Å²) in [5.74, 6) is 0.967. The monoisotopic (exact) mass is 343 g/mol. The zero-order valence-corrected chi connectivity index (χ0v) is 12.4. The van der Waals surface area contributed by atoms with Crippen LogP contribution < -0.4 is 10.3 Å². The van der Waals surface area contributed by atoms with Gasteiger partial charge in [0.1, 0.15) is 11.5 Å². The van der Waals surface area contributed by atoms with Gasteiger partial charge in [-0.25, -0.2) is 0 Å². The molecule has 0 amide bonds. The van der Waals surface area contributed by atoms with E-state index in [-0.39, 0.29) is 6.08 Å². The van der Waals surface area contributed by atoms with E-state index in [0.29, 0.717) is 11.5 Å². The highest BCUT2D eigenvalue weighted by atomic mass is 79.9. The van der Waals surface area contributed by atoms with Gasteiger partial charge in [-0.2, -0.15) is 0 Å². The summed E-state index contributed by atoms with van der Waals surface area (Å²) in [7, 11) is 0. The van der Waals surface area contributed by atoms with Crippen molar-refractivity contribution in [1.82, 2.24) is 4.98 Å². The number of nitrogens with zero attached hydrogens (tertiary/aromatic N) is 1. The van der Waals surface area contributed by atoms with E-state index in [9.17, 15) is 4.79 Å². The van der Waals surface area contributed by atoms with Crippen molar-refractivity contribution in [2.24, 2.45) is 0 Å². The predicted molar refractivity (Wildman–Crippen MR) is 82.4 cm³/mol. The summed E-state index contributed by atoms with van der Waals surface area (Å²) in [4.78, 5) is 15.4. The van der Waals surface area contributed by atoms with Gasteiger partial charge in [0.25, 0.3) is 5.56 Å². The van der Waals surface area contributed by atoms with Crippen molar-refractivity contribution in [3.63, 3.8) is 0 Å². The van der Waals surface area contributed by atoms with Crippen molar-refractivity contribution < 1.29 is 9.15 Å². The fourth-order valence-corrected chi connectivity index (χ4v) is 2.03. The van der Waals surface area contributed by atoms with E-state index in [1.165, 1.54) is 6.07 Å². The first-order chi connectivity index (χ1) is 10.2. The van der Waals surface area contributed by atoms with Crippen molar-refractivity contribution in [2.75, 3.05) is 0 Å². The lowest BCUT2D eigenvalue weighted by Crippen LogP contribution is -2.05. The molecule has 0 atom stereocenters. The third-order valence-electron chi connectivity index (χ3n) is 2.73. The third kappa shape index (κ3) is 3.38. The lowest BCUT2D eigenvalue weighted by Gasteiger charge is -2.05. The number of hydrogen-bond donors (Lipinski definition) is 0. The number of hydrogen-bond acceptors (Lipinski definition) is 4. The van der Waals surface area contributed by atoms with Gasteiger partial charge in [-0.3, -0.25) is 4.79 Å². The Bertz CT molecular complexity index is 798. The minimum atomic E-state index is -0.412. The molecular formula is C16H10BrNO3. The Morgan fingerprint density at radius 1 is 1.00 bits per heavy atom. The van der Waals surface area contributed by atoms with Gasteiger partial charge in [0.05, 0.1) is 0 Å². The second-order valence-corrected chi connectivity index (χ2v) is 5.16. The fraction of sp³-hybridized carbons (Fsp3) is 0. The van der Waals surface area contributed by atoms with E-state index >= 15 is 0 Å². The SMILES string of the molecule is O=c1cc(-c2ccc(Br)cc2)oc(Oc2ccccc2)n1. The highest BCUT2D eigenvalue weighted by Crippen LogP contribution is 2.25. The molecule has 0 radical (unpaired) electrons. The van der Waals surface area contributed by atoms with Crippen LogP contribution in [0, 0.1) is 0 Å². The van der Waals surface area contributed by atoms with E-state index in [0.717, 1.165) is 10.0 Å². The molecule has 0 unspecified atom stereocenters. The highest BCUT2D eigenvalue weighted by molar-refractivity contribution is 9.10. The summed E-state index contributed by atoms with van der Waals surface area (Å²) in [6.07, 6.45) is -0.0772. The average Bonchev–Trinajstić information content (AvgIpc) is 2.48. The molecule has 4 nitrogen and oxygen atoms in total. The van der Waals surface area contributed by atoms with Crippen LogP contribution in [-0.2, 0) is 0 Å². The quantitative estimate of drug-likeness (QED) is 0.713. The first-order valence-electron chi connectivity index (χ1n) is 6.22. The Morgan fingerprint density at radius 3 is 2.43 bits per heavy atom. The summed E-state index contributed by atoms with van der Waals surface area (Å²) in [6.45, 7) is 0. The molecule has 0 saturated heterocycles. The molecule has 104 valence electrons. The van der Waals surface area contributed by atoms with E-state index in [1.807, 2.05) is 42.5 Å². The second kappa shape index (κ2) is 5.93. The standard InChI is InChI=1S/C16H10BrNO3/c17-12-8-6-11(7-9-12)14-10-15(19)18-16(21-14)20-13-4-2-1-3-5-13/h1-10H. The minimum Gasteiger partial charge on any atom is -0.411 e. The Morgan fingerprint density at radius 2 is 1.71 bits per heavy atom. The lowest BCUT2D eigenvalue weighted by molar-refractivity contribution is 0.318. The van der Waals surface area contributed by atoms with Crippen LogP contribution in [0.5, 0.6) is 11.8 Å². The number of para-hydroxylation sites is 1. The molecule has 1 heterocycles. The largest absolute Gasteiger partial charge is 0.411 e. The smallest absolute Gasteiger partial charge is 0.403 e. The van der Waals surface area contributed by atoms with E-state index in [4.69, 9.17) is 9.15 Å². The molecule has 0 fully saturated rings. The summed E-state index contributed by atoms with van der Waals surface area (Å²) >= 11 is 3.36. The zero-order valence-electron chi connectivity index (χ0n) is 10.8. The van der Waals surface area contributed by atoms with Gasteiger partial charge in [0.2, 0.25) is 0 Å². The Balaban J connectivity index is 1.96. The van der Waals surface area contributed by atoms with Crippen molar-refractivity contribution in [1.29, 1.82) is 0 Å². The van der Waals surface area contributed by atoms with Crippen molar-refractivity contribution in [2.45, 2.75) is 0 Å². The fourth-order valence-electron chi connectivity index (χ4n) is 1.77. The maximum atomic E-state index is 11.7. The van der Waals surface area contributed by atoms with Crippen LogP contribution in [0.1, 0.15) is 0 Å². The third-order valence-corrected chi connectivity index (χ3v) is 3.26. The van der Waals surface area contributed by atoms with E-state index < -0.39 is 5.56 Å². The van der Waals surface area contributed by atoms with E-state index in [2.05, 4.69) is 20.9 Å². The molecule has 3 rings (SSSR count). The molecule has 0 saturated carbocycles. The molecule has 3 aromatic rings. The van der Waals surface area contributed by atoms with Crippen LogP contribution in [-0.4, -0.2) is 4.98 Å². The number of benzene rings is 2. The highest BCUT2D eigenvalue weighted by Gasteiger charge is 2.08. The van der Waals surface area contributed by atoms with Gasteiger partial charge in [0.15, 0.2) is 0 Å². The zero-order chi connectivity index (χ0) is 14.7. The van der Waals surface area contributed by atoms with Crippen molar-refractivity contribution in [3.8, 4) is 23.1 Å². The summed E-state index contributed by atoms with van der Waals surface area (Å²) < 4.78 is 11.9. The first kappa shape index (κ1) is 13.6. The van der Waals surface area contributed by atoms with Crippen LogP contribution in [0.4, 0.5) is 0 Å². The average molecular weight is 344 g/mol. The predicted octanol–water partition coefficient (Wildman–Crippen LogP) is 4.26. The molecular weight excluding hydrogens is 334 g/mol. The topological polar surface area (TPSA) is 52.3 Å². The molecule has 0 aliphatic carbocycles. The van der Waals surface area contributed by atoms with E-state index in [1.54, 1.807) is 12.1 Å². The van der Waals surface area contributed by atoms with Gasteiger partial charge in [0, 0.05) is 16.1 Å². The van der Waals surface area contributed by atoms with Gasteiger partial charge in [-0.1, -0.05) is 46.3 Å². The normalized spacial score (nSPS) is 10.3. The number of aromatic nitrogens is 1. The molecule has 1 aromatic heterocycles. The van der Waals surface area contributed by atoms with Gasteiger partial charge < -0.3 is 9.15 Å². The van der Waals surface area contributed by atoms with Crippen LogP contribution in [0.15, 0.2) is 74.3 Å². The number of halogens is 1. The first-order valence-corrected chi connectivity index (χ1v) is 7.01. The van der Waals surface area contributed by atoms with Gasteiger partial charge in [-0.15, -0.1) is 4.98 Å². The lowest BCUT2D eigenvalue weighted by atomic mass is 10.2. The summed E-state index contributed by atoms with van der Waals surface area (Å²) in [5.41, 5.74) is 0.362. The van der Waals surface area contributed by atoms with Gasteiger partial charge in [-0.05, 0) is 24.3 Å². The minimum absolute atomic E-state index is 0.0772. The Hall–Kier alpha value is -2.40. The maximum absolute atomic E-state index is 11.7. The molecule has 0 bridgehead atoms. The Labute approximate surface area is 129 Å². The molecule has 5 heteroatoms. The second-order valence-electron chi connectivity index (χ2n) is 4.25. The van der Waals surface area contributed by atoms with Crippen LogP contribution in [0.3, 0.4) is 0 Å². The molecule has 0 N–H and O–H groups in total. The summed E-state index contributed by atoms with van der Waals surface area (Å²) in [5, 5.41) is 0. The summed E-state index contributed by atoms with van der Waals surface area (Å²) in [6, 6.07) is 17.8. The molecule has 0 aliphatic rings. The van der Waals surface area contributed by atoms with Gasteiger partial charge >= 0.3 is 6.08 Å². The number of ether oxygens (including phenoxy) is 1. The molecule has 21 heavy (non-hydrogen) atoms. The molecule has 0 spiro atoms. The van der Waals surface area contributed by atoms with Crippen molar-refractivity contribution in [3.05, 3.63) is 75.5 Å². The van der Waals surface area contributed by atoms with Crippen LogP contribution in [0.25, 0.3) is 11.3 Å². The maximum Gasteiger partial charge on any atom is 0.403 e.